The molecule has 11 heavy (non-hydrogen) atoms. The largest absolute Gasteiger partial charge is 0.206 e. The molecule has 60 valence electrons. The number of hydrogen-bond acceptors (Lipinski definition) is 0. The summed E-state index contributed by atoms with van der Waals surface area (Å²) >= 11 is 8.67. The van der Waals surface area contributed by atoms with Crippen LogP contribution in [-0.2, 0) is 5.88 Å². The first kappa shape index (κ1) is 9.01. The van der Waals surface area contributed by atoms with Gasteiger partial charge in [-0.1, -0.05) is 6.07 Å². The van der Waals surface area contributed by atoms with Gasteiger partial charge >= 0.3 is 0 Å². The van der Waals surface area contributed by atoms with Crippen molar-refractivity contribution in [2.45, 2.75) is 12.8 Å². The number of hydrogen-bond donors (Lipinski definition) is 0. The van der Waals surface area contributed by atoms with Crippen LogP contribution in [0.5, 0.6) is 0 Å². The van der Waals surface area contributed by atoms with Gasteiger partial charge in [0.05, 0.1) is 4.47 Å². The third kappa shape index (κ3) is 1.94. The molecule has 0 saturated heterocycles. The van der Waals surface area contributed by atoms with E-state index in [4.69, 9.17) is 11.6 Å². The Balaban J connectivity index is 3.21. The van der Waals surface area contributed by atoms with Gasteiger partial charge in [0, 0.05) is 5.88 Å². The van der Waals surface area contributed by atoms with E-state index in [2.05, 4.69) is 15.9 Å². The van der Waals surface area contributed by atoms with Crippen molar-refractivity contribution in [1.82, 2.24) is 0 Å². The molecule has 0 amide bonds. The zero-order valence-electron chi connectivity index (χ0n) is 6.00. The van der Waals surface area contributed by atoms with Crippen LogP contribution in [0.1, 0.15) is 11.1 Å². The van der Waals surface area contributed by atoms with E-state index in [1.807, 2.05) is 13.0 Å². The lowest BCUT2D eigenvalue weighted by atomic mass is 10.1. The summed E-state index contributed by atoms with van der Waals surface area (Å²) in [6.45, 7) is 1.84. The van der Waals surface area contributed by atoms with E-state index in [-0.39, 0.29) is 5.82 Å². The fraction of sp³-hybridized carbons (Fsp3) is 0.250. The molecule has 0 aliphatic heterocycles. The van der Waals surface area contributed by atoms with Crippen molar-refractivity contribution in [3.8, 4) is 0 Å². The standard InChI is InChI=1S/C8H7BrClF/c1-5-2-6(4-10)3-7(11)8(5)9/h2-3H,4H2,1H3. The van der Waals surface area contributed by atoms with E-state index in [9.17, 15) is 4.39 Å². The minimum atomic E-state index is -0.249. The summed E-state index contributed by atoms with van der Waals surface area (Å²) in [7, 11) is 0. The van der Waals surface area contributed by atoms with Crippen molar-refractivity contribution >= 4 is 27.5 Å². The highest BCUT2D eigenvalue weighted by molar-refractivity contribution is 9.10. The van der Waals surface area contributed by atoms with Gasteiger partial charge in [-0.25, -0.2) is 4.39 Å². The van der Waals surface area contributed by atoms with Crippen LogP contribution < -0.4 is 0 Å². The van der Waals surface area contributed by atoms with Crippen LogP contribution in [0.4, 0.5) is 4.39 Å². The smallest absolute Gasteiger partial charge is 0.137 e. The average molecular weight is 237 g/mol. The van der Waals surface area contributed by atoms with Gasteiger partial charge < -0.3 is 0 Å². The average Bonchev–Trinajstić information content (AvgIpc) is 1.99. The summed E-state index contributed by atoms with van der Waals surface area (Å²) in [6.07, 6.45) is 0. The molecular weight excluding hydrogens is 230 g/mol. The van der Waals surface area contributed by atoms with E-state index in [1.165, 1.54) is 6.07 Å². The van der Waals surface area contributed by atoms with Gasteiger partial charge in [-0.15, -0.1) is 11.6 Å². The van der Waals surface area contributed by atoms with Gasteiger partial charge in [0.15, 0.2) is 0 Å². The van der Waals surface area contributed by atoms with Gasteiger partial charge in [0.1, 0.15) is 5.82 Å². The highest BCUT2D eigenvalue weighted by Gasteiger charge is 2.03. The minimum absolute atomic E-state index is 0.249. The van der Waals surface area contributed by atoms with Crippen LogP contribution in [0, 0.1) is 12.7 Å². The molecule has 0 heterocycles. The Morgan fingerprint density at radius 2 is 2.18 bits per heavy atom. The van der Waals surface area contributed by atoms with Crippen molar-refractivity contribution in [2.24, 2.45) is 0 Å². The predicted octanol–water partition coefficient (Wildman–Crippen LogP) is 3.64. The fourth-order valence-corrected chi connectivity index (χ4v) is 1.26. The fourth-order valence-electron chi connectivity index (χ4n) is 0.875. The molecule has 1 rings (SSSR count). The molecule has 0 fully saturated rings. The maximum absolute atomic E-state index is 12.9. The molecule has 0 aliphatic carbocycles. The van der Waals surface area contributed by atoms with Crippen molar-refractivity contribution in [2.75, 3.05) is 0 Å². The molecule has 0 atom stereocenters. The van der Waals surface area contributed by atoms with Crippen molar-refractivity contribution in [3.05, 3.63) is 33.5 Å². The van der Waals surface area contributed by atoms with E-state index in [0.29, 0.717) is 10.4 Å². The predicted molar refractivity (Wildman–Crippen MR) is 48.4 cm³/mol. The first-order valence-electron chi connectivity index (χ1n) is 3.15. The lowest BCUT2D eigenvalue weighted by Crippen LogP contribution is -1.86. The first-order chi connectivity index (χ1) is 5.15. The van der Waals surface area contributed by atoms with Crippen LogP contribution in [0.15, 0.2) is 16.6 Å². The summed E-state index contributed by atoms with van der Waals surface area (Å²) in [4.78, 5) is 0. The van der Waals surface area contributed by atoms with Crippen molar-refractivity contribution < 1.29 is 4.39 Å². The number of rotatable bonds is 1. The maximum atomic E-state index is 12.9. The quantitative estimate of drug-likeness (QED) is 0.654. The molecule has 0 aliphatic rings. The molecule has 0 spiro atoms. The Bertz CT molecular complexity index is 250. The normalized spacial score (nSPS) is 10.2. The second-order valence-electron chi connectivity index (χ2n) is 2.34. The number of aryl methyl sites for hydroxylation is 1. The van der Waals surface area contributed by atoms with Crippen molar-refractivity contribution in [3.63, 3.8) is 0 Å². The van der Waals surface area contributed by atoms with E-state index in [0.717, 1.165) is 11.1 Å². The second kappa shape index (κ2) is 3.55. The molecule has 0 nitrogen and oxygen atoms in total. The molecule has 0 radical (unpaired) electrons. The highest BCUT2D eigenvalue weighted by Crippen LogP contribution is 2.22. The molecule has 0 unspecified atom stereocenters. The maximum Gasteiger partial charge on any atom is 0.137 e. The van der Waals surface area contributed by atoms with E-state index < -0.39 is 0 Å². The van der Waals surface area contributed by atoms with Gasteiger partial charge in [-0.3, -0.25) is 0 Å². The van der Waals surface area contributed by atoms with Crippen molar-refractivity contribution in [1.29, 1.82) is 0 Å². The van der Waals surface area contributed by atoms with Crippen LogP contribution >= 0.6 is 27.5 Å². The van der Waals surface area contributed by atoms with E-state index in [1.54, 1.807) is 0 Å². The third-order valence-electron chi connectivity index (χ3n) is 1.42. The highest BCUT2D eigenvalue weighted by atomic mass is 79.9. The summed E-state index contributed by atoms with van der Waals surface area (Å²) in [5.74, 6) is 0.103. The minimum Gasteiger partial charge on any atom is -0.206 e. The van der Waals surface area contributed by atoms with Crippen LogP contribution in [0.2, 0.25) is 0 Å². The topological polar surface area (TPSA) is 0 Å². The monoisotopic (exact) mass is 236 g/mol. The Morgan fingerprint density at radius 1 is 1.55 bits per heavy atom. The Kier molecular flexibility index (Phi) is 2.90. The Morgan fingerprint density at radius 3 is 2.64 bits per heavy atom. The first-order valence-corrected chi connectivity index (χ1v) is 4.48. The molecule has 1 aromatic rings. The van der Waals surface area contributed by atoms with Gasteiger partial charge in [0.25, 0.3) is 0 Å². The van der Waals surface area contributed by atoms with Gasteiger partial charge in [-0.05, 0) is 40.0 Å². The molecule has 3 heteroatoms. The summed E-state index contributed by atoms with van der Waals surface area (Å²) < 4.78 is 13.4. The molecule has 0 aromatic heterocycles. The Labute approximate surface area is 78.5 Å². The summed E-state index contributed by atoms with van der Waals surface area (Å²) in [6, 6.07) is 3.30. The SMILES string of the molecule is Cc1cc(CCl)cc(F)c1Br. The lowest BCUT2D eigenvalue weighted by Gasteiger charge is -2.01. The van der Waals surface area contributed by atoms with Gasteiger partial charge in [0.2, 0.25) is 0 Å². The van der Waals surface area contributed by atoms with E-state index >= 15 is 0 Å². The molecule has 0 N–H and O–H groups in total. The number of benzene rings is 1. The van der Waals surface area contributed by atoms with Crippen LogP contribution in [-0.4, -0.2) is 0 Å². The molecule has 0 saturated carbocycles. The Hall–Kier alpha value is -0.0800. The summed E-state index contributed by atoms with van der Waals surface area (Å²) in [5.41, 5.74) is 1.69. The zero-order chi connectivity index (χ0) is 8.43. The third-order valence-corrected chi connectivity index (χ3v) is 2.74. The molecule has 0 bridgehead atoms. The molecule has 1 aromatic carbocycles. The van der Waals surface area contributed by atoms with Crippen LogP contribution in [0.25, 0.3) is 0 Å². The lowest BCUT2D eigenvalue weighted by molar-refractivity contribution is 0.618. The van der Waals surface area contributed by atoms with Crippen LogP contribution in [0.3, 0.4) is 0 Å². The number of alkyl halides is 1. The second-order valence-corrected chi connectivity index (χ2v) is 3.40. The number of halogens is 3. The summed E-state index contributed by atoms with van der Waals surface area (Å²) in [5, 5.41) is 0. The zero-order valence-corrected chi connectivity index (χ0v) is 8.34. The molecular formula is C8H7BrClF. The van der Waals surface area contributed by atoms with Gasteiger partial charge in [-0.2, -0.15) is 0 Å².